The van der Waals surface area contributed by atoms with Crippen LogP contribution in [-0.2, 0) is 16.0 Å². The number of aliphatic hydroxyl groups excluding tert-OH is 1. The molecular formula is C15H22NO3. The van der Waals surface area contributed by atoms with Gasteiger partial charge in [-0.1, -0.05) is 30.3 Å². The van der Waals surface area contributed by atoms with Crippen molar-refractivity contribution in [1.82, 2.24) is 5.73 Å². The molecule has 1 radical (unpaired) electrons. The Labute approximate surface area is 114 Å². The number of nitrogens with one attached hydrogen (secondary N) is 1. The van der Waals surface area contributed by atoms with E-state index in [1.165, 1.54) is 0 Å². The summed E-state index contributed by atoms with van der Waals surface area (Å²) in [5.41, 5.74) is 7.80. The molecule has 0 bridgehead atoms. The number of hydrogen-bond acceptors (Lipinski definition) is 3. The Morgan fingerprint density at radius 3 is 2.37 bits per heavy atom. The Morgan fingerprint density at radius 1 is 1.32 bits per heavy atom. The first kappa shape index (κ1) is 15.7. The Bertz CT molecular complexity index is 398. The fraction of sp³-hybridized carbons (Fsp3) is 0.533. The van der Waals surface area contributed by atoms with Crippen LogP contribution in [0.4, 0.5) is 0 Å². The molecule has 0 aliphatic heterocycles. The van der Waals surface area contributed by atoms with Gasteiger partial charge in [0.15, 0.2) is 6.29 Å². The molecule has 4 nitrogen and oxygen atoms in total. The summed E-state index contributed by atoms with van der Waals surface area (Å²) in [7, 11) is 0. The van der Waals surface area contributed by atoms with Crippen molar-refractivity contribution < 1.29 is 14.6 Å². The van der Waals surface area contributed by atoms with Crippen LogP contribution in [0.25, 0.3) is 0 Å². The first-order valence-electron chi connectivity index (χ1n) is 6.45. The van der Waals surface area contributed by atoms with E-state index in [0.29, 0.717) is 12.8 Å². The van der Waals surface area contributed by atoms with E-state index >= 15 is 0 Å². The molecule has 0 saturated heterocycles. The number of rotatable bonds is 6. The van der Waals surface area contributed by atoms with Crippen LogP contribution in [0, 0.1) is 5.92 Å². The van der Waals surface area contributed by atoms with Crippen molar-refractivity contribution in [1.29, 1.82) is 0 Å². The van der Waals surface area contributed by atoms with Crippen molar-refractivity contribution in [3.05, 3.63) is 35.9 Å². The Kier molecular flexibility index (Phi) is 5.51. The van der Waals surface area contributed by atoms with E-state index in [2.05, 4.69) is 0 Å². The fourth-order valence-corrected chi connectivity index (χ4v) is 1.81. The van der Waals surface area contributed by atoms with Gasteiger partial charge in [0.2, 0.25) is 5.91 Å². The summed E-state index contributed by atoms with van der Waals surface area (Å²) in [6.45, 7) is 5.41. The van der Waals surface area contributed by atoms with Crippen LogP contribution in [0.5, 0.6) is 0 Å². The highest BCUT2D eigenvalue weighted by atomic mass is 16.6. The maximum Gasteiger partial charge on any atom is 0.246 e. The Hall–Kier alpha value is -1.39. The molecule has 1 amide bonds. The molecule has 2 atom stereocenters. The number of aliphatic hydroxyl groups is 1. The molecule has 19 heavy (non-hydrogen) atoms. The van der Waals surface area contributed by atoms with Gasteiger partial charge in [-0.05, 0) is 39.2 Å². The van der Waals surface area contributed by atoms with Gasteiger partial charge in [-0.25, -0.2) is 0 Å². The van der Waals surface area contributed by atoms with Crippen molar-refractivity contribution in [2.75, 3.05) is 0 Å². The minimum absolute atomic E-state index is 0.406. The predicted molar refractivity (Wildman–Crippen MR) is 73.2 cm³/mol. The molecule has 1 aromatic carbocycles. The topological polar surface area (TPSA) is 70.3 Å². The van der Waals surface area contributed by atoms with Crippen molar-refractivity contribution in [2.45, 2.75) is 45.5 Å². The molecule has 2 unspecified atom stereocenters. The zero-order valence-electron chi connectivity index (χ0n) is 11.7. The molecule has 0 saturated carbocycles. The van der Waals surface area contributed by atoms with Crippen LogP contribution in [0.15, 0.2) is 30.3 Å². The molecule has 0 aliphatic rings. The summed E-state index contributed by atoms with van der Waals surface area (Å²) >= 11 is 0. The molecule has 0 spiro atoms. The summed E-state index contributed by atoms with van der Waals surface area (Å²) in [4.78, 5) is 11.3. The van der Waals surface area contributed by atoms with Gasteiger partial charge >= 0.3 is 0 Å². The van der Waals surface area contributed by atoms with Crippen molar-refractivity contribution in [3.63, 3.8) is 0 Å². The molecule has 2 N–H and O–H groups in total. The molecule has 0 aliphatic carbocycles. The van der Waals surface area contributed by atoms with Crippen molar-refractivity contribution in [3.8, 4) is 0 Å². The van der Waals surface area contributed by atoms with Crippen LogP contribution in [0.2, 0.25) is 0 Å². The van der Waals surface area contributed by atoms with Crippen LogP contribution in [0.3, 0.4) is 0 Å². The maximum absolute atomic E-state index is 11.3. The molecule has 4 heteroatoms. The summed E-state index contributed by atoms with van der Waals surface area (Å²) in [5, 5.41) is 9.93. The third kappa shape index (κ3) is 5.85. The van der Waals surface area contributed by atoms with Crippen molar-refractivity contribution >= 4 is 5.91 Å². The number of ether oxygens (including phenoxy) is 1. The second-order valence-electron chi connectivity index (χ2n) is 5.62. The van der Waals surface area contributed by atoms with Gasteiger partial charge in [0, 0.05) is 0 Å². The fourth-order valence-electron chi connectivity index (χ4n) is 1.81. The monoisotopic (exact) mass is 264 g/mol. The smallest absolute Gasteiger partial charge is 0.246 e. The quantitative estimate of drug-likeness (QED) is 0.800. The van der Waals surface area contributed by atoms with Gasteiger partial charge in [0.1, 0.15) is 0 Å². The molecular weight excluding hydrogens is 242 g/mol. The van der Waals surface area contributed by atoms with E-state index in [1.54, 1.807) is 20.8 Å². The lowest BCUT2D eigenvalue weighted by Gasteiger charge is -2.28. The highest BCUT2D eigenvalue weighted by Gasteiger charge is 2.29. The maximum atomic E-state index is 11.3. The molecule has 1 rings (SSSR count). The normalized spacial score (nSPS) is 14.9. The summed E-state index contributed by atoms with van der Waals surface area (Å²) < 4.78 is 5.36. The molecule has 0 fully saturated rings. The lowest BCUT2D eigenvalue weighted by Crippen LogP contribution is -2.37. The highest BCUT2D eigenvalue weighted by molar-refractivity contribution is 5.76. The zero-order valence-corrected chi connectivity index (χ0v) is 11.7. The van der Waals surface area contributed by atoms with Gasteiger partial charge < -0.3 is 9.84 Å². The highest BCUT2D eigenvalue weighted by Crippen LogP contribution is 2.19. The first-order chi connectivity index (χ1) is 8.79. The molecule has 1 aromatic rings. The average Bonchev–Trinajstić information content (AvgIpc) is 2.27. The summed E-state index contributed by atoms with van der Waals surface area (Å²) in [6.07, 6.45) is -0.182. The van der Waals surface area contributed by atoms with Crippen LogP contribution >= 0.6 is 0 Å². The van der Waals surface area contributed by atoms with E-state index in [1.807, 2.05) is 30.3 Å². The average molecular weight is 264 g/mol. The summed E-state index contributed by atoms with van der Waals surface area (Å²) in [6, 6.07) is 9.70. The number of hydrogen-bond donors (Lipinski definition) is 1. The largest absolute Gasteiger partial charge is 0.367 e. The van der Waals surface area contributed by atoms with E-state index in [4.69, 9.17) is 10.5 Å². The Balaban J connectivity index is 2.61. The minimum atomic E-state index is -1.23. The number of aryl methyl sites for hydroxylation is 1. The second kappa shape index (κ2) is 6.68. The summed E-state index contributed by atoms with van der Waals surface area (Å²) in [5.74, 6) is -1.59. The second-order valence-corrected chi connectivity index (χ2v) is 5.62. The van der Waals surface area contributed by atoms with Crippen LogP contribution < -0.4 is 5.73 Å². The standard InChI is InChI=1S/C15H22NO3/c1-15(2,3)19-14(18)12(13(16)17)10-9-11-7-5-4-6-8-11/h4-8,12,14,16,18H,9-10H2,1-3H3. The molecule has 0 aromatic heterocycles. The Morgan fingerprint density at radius 2 is 1.89 bits per heavy atom. The minimum Gasteiger partial charge on any atom is -0.367 e. The van der Waals surface area contributed by atoms with Gasteiger partial charge in [0.25, 0.3) is 0 Å². The third-order valence-electron chi connectivity index (χ3n) is 2.74. The van der Waals surface area contributed by atoms with Gasteiger partial charge in [-0.2, -0.15) is 0 Å². The predicted octanol–water partition coefficient (Wildman–Crippen LogP) is 2.18. The number of carbonyl (C=O) groups excluding carboxylic acids is 1. The van der Waals surface area contributed by atoms with Crippen LogP contribution in [0.1, 0.15) is 32.8 Å². The van der Waals surface area contributed by atoms with Gasteiger partial charge in [0.05, 0.1) is 11.5 Å². The number of benzene rings is 1. The molecule has 105 valence electrons. The van der Waals surface area contributed by atoms with Gasteiger partial charge in [-0.3, -0.25) is 10.5 Å². The first-order valence-corrected chi connectivity index (χ1v) is 6.45. The molecule has 0 heterocycles. The number of carbonyl (C=O) groups is 1. The SMILES string of the molecule is CC(C)(C)OC(O)C(CCc1ccccc1)C([NH])=O. The van der Waals surface area contributed by atoms with E-state index < -0.39 is 23.7 Å². The van der Waals surface area contributed by atoms with Gasteiger partial charge in [-0.15, -0.1) is 0 Å². The van der Waals surface area contributed by atoms with E-state index in [-0.39, 0.29) is 0 Å². The van der Waals surface area contributed by atoms with Crippen molar-refractivity contribution in [2.24, 2.45) is 5.92 Å². The van der Waals surface area contributed by atoms with Crippen LogP contribution in [-0.4, -0.2) is 22.9 Å². The lowest BCUT2D eigenvalue weighted by atomic mass is 9.98. The number of amides is 1. The van der Waals surface area contributed by atoms with E-state index in [9.17, 15) is 9.90 Å². The third-order valence-corrected chi connectivity index (χ3v) is 2.74. The lowest BCUT2D eigenvalue weighted by molar-refractivity contribution is -0.194. The zero-order chi connectivity index (χ0) is 14.5. The van der Waals surface area contributed by atoms with E-state index in [0.717, 1.165) is 5.56 Å².